The molecule has 0 bridgehead atoms. The third kappa shape index (κ3) is 8.38. The molecule has 0 radical (unpaired) electrons. The van der Waals surface area contributed by atoms with Crippen LogP contribution in [0.4, 0.5) is 0 Å². The molecule has 196 valence electrons. The minimum atomic E-state index is -0.0206. The van der Waals surface area contributed by atoms with Gasteiger partial charge in [-0.3, -0.25) is 9.59 Å². The van der Waals surface area contributed by atoms with Gasteiger partial charge in [0, 0.05) is 24.0 Å². The Morgan fingerprint density at radius 3 is 1.46 bits per heavy atom. The highest BCUT2D eigenvalue weighted by Gasteiger charge is 2.15. The first-order valence-electron chi connectivity index (χ1n) is 14.1. The van der Waals surface area contributed by atoms with Crippen LogP contribution in [0, 0.1) is 0 Å². The molecule has 0 spiro atoms. The standard InChI is InChI=1S/C31H40N4O2/c36-30(34-32-28-20-12-8-16-24-14-6-10-18-26(24)28)22-4-2-1-3-5-23-31(37)35-33-29-21-13-9-17-25-15-7-11-19-27(25)29/h6-7,10-11,14-15,18-19H,1-5,8-9,12-13,16-17,20-23H2,(H,34,36)(H,35,37)/b32-28-,33-29+. The first-order chi connectivity index (χ1) is 18.2. The molecule has 0 atom stereocenters. The Labute approximate surface area is 221 Å². The van der Waals surface area contributed by atoms with E-state index < -0.39 is 0 Å². The summed E-state index contributed by atoms with van der Waals surface area (Å²) in [5.74, 6) is -0.0411. The maximum atomic E-state index is 12.3. The van der Waals surface area contributed by atoms with E-state index in [0.717, 1.165) is 94.9 Å². The molecule has 0 unspecified atom stereocenters. The Morgan fingerprint density at radius 2 is 0.973 bits per heavy atom. The fourth-order valence-corrected chi connectivity index (χ4v) is 5.23. The van der Waals surface area contributed by atoms with Crippen molar-refractivity contribution in [2.24, 2.45) is 10.2 Å². The van der Waals surface area contributed by atoms with Gasteiger partial charge in [0.15, 0.2) is 0 Å². The van der Waals surface area contributed by atoms with Crippen LogP contribution in [0.5, 0.6) is 0 Å². The average Bonchev–Trinajstić information content (AvgIpc) is 3.26. The average molecular weight is 501 g/mol. The maximum absolute atomic E-state index is 12.3. The number of nitrogens with one attached hydrogen (secondary N) is 2. The molecule has 2 aliphatic carbocycles. The number of nitrogens with zero attached hydrogens (tertiary/aromatic N) is 2. The van der Waals surface area contributed by atoms with E-state index in [1.807, 2.05) is 12.1 Å². The molecule has 6 nitrogen and oxygen atoms in total. The number of fused-ring (bicyclic) bond motifs is 2. The predicted molar refractivity (Wildman–Crippen MR) is 150 cm³/mol. The molecule has 0 aliphatic heterocycles. The van der Waals surface area contributed by atoms with Gasteiger partial charge in [-0.05, 0) is 75.3 Å². The zero-order valence-corrected chi connectivity index (χ0v) is 21.9. The summed E-state index contributed by atoms with van der Waals surface area (Å²) < 4.78 is 0. The van der Waals surface area contributed by atoms with E-state index in [9.17, 15) is 9.59 Å². The van der Waals surface area contributed by atoms with Crippen molar-refractivity contribution in [3.05, 3.63) is 70.8 Å². The minimum Gasteiger partial charge on any atom is -0.273 e. The van der Waals surface area contributed by atoms with Gasteiger partial charge in [0.25, 0.3) is 0 Å². The van der Waals surface area contributed by atoms with Crippen molar-refractivity contribution < 1.29 is 9.59 Å². The molecule has 0 heterocycles. The lowest BCUT2D eigenvalue weighted by atomic mass is 10.0. The highest BCUT2D eigenvalue weighted by molar-refractivity contribution is 6.03. The first kappa shape index (κ1) is 26.8. The van der Waals surface area contributed by atoms with Gasteiger partial charge < -0.3 is 0 Å². The molecule has 2 aliphatic rings. The lowest BCUT2D eigenvalue weighted by Crippen LogP contribution is -2.20. The Morgan fingerprint density at radius 1 is 0.568 bits per heavy atom. The molecule has 0 fully saturated rings. The number of hydrogen-bond acceptors (Lipinski definition) is 4. The number of amides is 2. The highest BCUT2D eigenvalue weighted by atomic mass is 16.2. The smallest absolute Gasteiger partial charge is 0.240 e. The molecule has 0 saturated heterocycles. The zero-order chi connectivity index (χ0) is 25.7. The molecule has 4 rings (SSSR count). The molecule has 0 saturated carbocycles. The van der Waals surface area contributed by atoms with Crippen molar-refractivity contribution in [3.63, 3.8) is 0 Å². The first-order valence-corrected chi connectivity index (χ1v) is 14.1. The van der Waals surface area contributed by atoms with Gasteiger partial charge in [0.1, 0.15) is 0 Å². The Balaban J connectivity index is 1.09. The third-order valence-corrected chi connectivity index (χ3v) is 7.31. The van der Waals surface area contributed by atoms with Gasteiger partial charge in [-0.2, -0.15) is 10.2 Å². The lowest BCUT2D eigenvalue weighted by molar-refractivity contribution is -0.121. The molecule has 2 aromatic rings. The number of carbonyl (C=O) groups is 2. The van der Waals surface area contributed by atoms with Crippen molar-refractivity contribution in [2.45, 2.75) is 96.3 Å². The van der Waals surface area contributed by atoms with Gasteiger partial charge in [0.05, 0.1) is 11.4 Å². The van der Waals surface area contributed by atoms with Gasteiger partial charge >= 0.3 is 0 Å². The summed E-state index contributed by atoms with van der Waals surface area (Å²) in [5.41, 5.74) is 12.5. The summed E-state index contributed by atoms with van der Waals surface area (Å²) in [6.07, 6.45) is 14.1. The fraction of sp³-hybridized carbons (Fsp3) is 0.484. The van der Waals surface area contributed by atoms with E-state index in [0.29, 0.717) is 12.8 Å². The second-order valence-electron chi connectivity index (χ2n) is 10.2. The van der Waals surface area contributed by atoms with Crippen LogP contribution in [0.1, 0.15) is 106 Å². The topological polar surface area (TPSA) is 82.9 Å². The van der Waals surface area contributed by atoms with E-state index in [1.54, 1.807) is 0 Å². The fourth-order valence-electron chi connectivity index (χ4n) is 5.23. The van der Waals surface area contributed by atoms with Crippen molar-refractivity contribution >= 4 is 23.2 Å². The van der Waals surface area contributed by atoms with Crippen molar-refractivity contribution in [2.75, 3.05) is 0 Å². The second-order valence-corrected chi connectivity index (χ2v) is 10.2. The molecule has 2 aromatic carbocycles. The Kier molecular flexibility index (Phi) is 10.5. The quantitative estimate of drug-likeness (QED) is 0.231. The zero-order valence-electron chi connectivity index (χ0n) is 21.9. The molecule has 2 N–H and O–H groups in total. The number of hydrazone groups is 2. The van der Waals surface area contributed by atoms with Gasteiger partial charge in [-0.15, -0.1) is 0 Å². The van der Waals surface area contributed by atoms with Gasteiger partial charge in [-0.25, -0.2) is 10.9 Å². The van der Waals surface area contributed by atoms with Crippen molar-refractivity contribution in [1.82, 2.24) is 10.9 Å². The van der Waals surface area contributed by atoms with Crippen LogP contribution in [-0.4, -0.2) is 23.2 Å². The summed E-state index contributed by atoms with van der Waals surface area (Å²) >= 11 is 0. The van der Waals surface area contributed by atoms with Crippen LogP contribution in [0.2, 0.25) is 0 Å². The van der Waals surface area contributed by atoms with Gasteiger partial charge in [-0.1, -0.05) is 67.8 Å². The largest absolute Gasteiger partial charge is 0.273 e. The monoisotopic (exact) mass is 500 g/mol. The number of carbonyl (C=O) groups excluding carboxylic acids is 2. The highest BCUT2D eigenvalue weighted by Crippen LogP contribution is 2.22. The Hall–Kier alpha value is -3.28. The van der Waals surface area contributed by atoms with Crippen molar-refractivity contribution in [3.8, 4) is 0 Å². The normalized spacial score (nSPS) is 17.4. The van der Waals surface area contributed by atoms with Crippen LogP contribution in [0.25, 0.3) is 0 Å². The van der Waals surface area contributed by atoms with Crippen LogP contribution >= 0.6 is 0 Å². The number of unbranched alkanes of at least 4 members (excludes halogenated alkanes) is 4. The molecular formula is C31H40N4O2. The summed E-state index contributed by atoms with van der Waals surface area (Å²) in [7, 11) is 0. The van der Waals surface area contributed by atoms with Crippen LogP contribution in [0.3, 0.4) is 0 Å². The van der Waals surface area contributed by atoms with E-state index in [4.69, 9.17) is 0 Å². The van der Waals surface area contributed by atoms with E-state index >= 15 is 0 Å². The molecule has 2 amide bonds. The SMILES string of the molecule is O=C(CCCCCCCC(=O)N/N=C1\CCCCc2ccccc21)N/N=C1/CCCCc2ccccc21. The van der Waals surface area contributed by atoms with Crippen molar-refractivity contribution in [1.29, 1.82) is 0 Å². The molecular weight excluding hydrogens is 460 g/mol. The molecule has 6 heteroatoms. The molecule has 37 heavy (non-hydrogen) atoms. The number of aryl methyl sites for hydroxylation is 2. The van der Waals surface area contributed by atoms with E-state index in [-0.39, 0.29) is 11.8 Å². The number of hydrogen-bond donors (Lipinski definition) is 2. The summed E-state index contributed by atoms with van der Waals surface area (Å²) in [6, 6.07) is 16.7. The van der Waals surface area contributed by atoms with Gasteiger partial charge in [0.2, 0.25) is 11.8 Å². The van der Waals surface area contributed by atoms with Crippen LogP contribution in [-0.2, 0) is 22.4 Å². The van der Waals surface area contributed by atoms with E-state index in [1.165, 1.54) is 22.3 Å². The Bertz CT molecular complexity index is 1030. The third-order valence-electron chi connectivity index (χ3n) is 7.31. The maximum Gasteiger partial charge on any atom is 0.240 e. The summed E-state index contributed by atoms with van der Waals surface area (Å²) in [6.45, 7) is 0. The molecule has 0 aromatic heterocycles. The number of benzene rings is 2. The van der Waals surface area contributed by atoms with Crippen LogP contribution in [0.15, 0.2) is 58.7 Å². The predicted octanol–water partition coefficient (Wildman–Crippen LogP) is 6.21. The second kappa shape index (κ2) is 14.5. The summed E-state index contributed by atoms with van der Waals surface area (Å²) in [4.78, 5) is 24.6. The summed E-state index contributed by atoms with van der Waals surface area (Å²) in [5, 5.41) is 8.93. The van der Waals surface area contributed by atoms with Crippen LogP contribution < -0.4 is 10.9 Å². The van der Waals surface area contributed by atoms with E-state index in [2.05, 4.69) is 57.5 Å². The lowest BCUT2D eigenvalue weighted by Gasteiger charge is -2.08. The minimum absolute atomic E-state index is 0.0206. The number of rotatable bonds is 10.